The molecule has 0 aliphatic rings. The van der Waals surface area contributed by atoms with Crippen LogP contribution in [0.15, 0.2) is 58.3 Å². The molecule has 0 bridgehead atoms. The van der Waals surface area contributed by atoms with E-state index < -0.39 is 9.84 Å². The molecular weight excluding hydrogens is 278 g/mol. The minimum atomic E-state index is -3.65. The van der Waals surface area contributed by atoms with Crippen molar-refractivity contribution in [3.8, 4) is 5.75 Å². The van der Waals surface area contributed by atoms with Crippen molar-refractivity contribution in [2.75, 3.05) is 12.4 Å². The SMILES string of the molecule is COc1ccccc1S(=O)(=O)c1ccc(NC=O)cc1. The molecule has 0 heterocycles. The number of amides is 1. The van der Waals surface area contributed by atoms with Crippen LogP contribution in [-0.4, -0.2) is 21.9 Å². The molecule has 2 aromatic rings. The summed E-state index contributed by atoms with van der Waals surface area (Å²) in [6.45, 7) is 0. The first-order chi connectivity index (χ1) is 9.59. The molecule has 2 aromatic carbocycles. The van der Waals surface area contributed by atoms with E-state index in [0.29, 0.717) is 17.8 Å². The molecule has 0 atom stereocenters. The maximum atomic E-state index is 12.5. The Morgan fingerprint density at radius 1 is 1.05 bits per heavy atom. The second-order valence-corrected chi connectivity index (χ2v) is 5.86. The number of nitrogens with one attached hydrogen (secondary N) is 1. The van der Waals surface area contributed by atoms with E-state index in [4.69, 9.17) is 4.74 Å². The lowest BCUT2D eigenvalue weighted by Crippen LogP contribution is -2.04. The minimum Gasteiger partial charge on any atom is -0.495 e. The number of carbonyl (C=O) groups excluding carboxylic acids is 1. The van der Waals surface area contributed by atoms with Crippen LogP contribution in [-0.2, 0) is 14.6 Å². The quantitative estimate of drug-likeness (QED) is 0.856. The average Bonchev–Trinajstić information content (AvgIpc) is 2.48. The third-order valence-corrected chi connectivity index (χ3v) is 4.56. The Morgan fingerprint density at radius 3 is 2.30 bits per heavy atom. The molecule has 0 radical (unpaired) electrons. The summed E-state index contributed by atoms with van der Waals surface area (Å²) in [7, 11) is -2.23. The molecule has 5 nitrogen and oxygen atoms in total. The molecule has 6 heteroatoms. The normalized spacial score (nSPS) is 10.8. The summed E-state index contributed by atoms with van der Waals surface area (Å²) in [5, 5.41) is 2.45. The molecule has 0 saturated heterocycles. The highest BCUT2D eigenvalue weighted by atomic mass is 32.2. The zero-order valence-corrected chi connectivity index (χ0v) is 11.6. The summed E-state index contributed by atoms with van der Waals surface area (Å²) in [6, 6.07) is 12.3. The number of carbonyl (C=O) groups is 1. The molecular formula is C14H13NO4S. The molecule has 2 rings (SSSR count). The fourth-order valence-corrected chi connectivity index (χ4v) is 3.19. The zero-order chi connectivity index (χ0) is 14.6. The minimum absolute atomic E-state index is 0.110. The molecule has 0 saturated carbocycles. The first-order valence-electron chi connectivity index (χ1n) is 5.78. The van der Waals surface area contributed by atoms with Gasteiger partial charge in [-0.25, -0.2) is 8.42 Å². The molecule has 0 fully saturated rings. The molecule has 1 N–H and O–H groups in total. The van der Waals surface area contributed by atoms with Gasteiger partial charge < -0.3 is 10.1 Å². The van der Waals surface area contributed by atoms with Crippen LogP contribution in [0.25, 0.3) is 0 Å². The van der Waals surface area contributed by atoms with E-state index in [0.717, 1.165) is 0 Å². The lowest BCUT2D eigenvalue weighted by molar-refractivity contribution is -0.105. The number of anilines is 1. The number of para-hydroxylation sites is 1. The number of methoxy groups -OCH3 is 1. The number of sulfone groups is 1. The highest BCUT2D eigenvalue weighted by Gasteiger charge is 2.21. The van der Waals surface area contributed by atoms with Crippen LogP contribution >= 0.6 is 0 Å². The van der Waals surface area contributed by atoms with Crippen molar-refractivity contribution in [3.63, 3.8) is 0 Å². The van der Waals surface area contributed by atoms with Gasteiger partial charge in [-0.3, -0.25) is 4.79 Å². The van der Waals surface area contributed by atoms with E-state index in [2.05, 4.69) is 5.32 Å². The molecule has 0 spiro atoms. The topological polar surface area (TPSA) is 72.5 Å². The van der Waals surface area contributed by atoms with Gasteiger partial charge in [0.1, 0.15) is 10.6 Å². The van der Waals surface area contributed by atoms with Crippen molar-refractivity contribution in [2.24, 2.45) is 0 Å². The van der Waals surface area contributed by atoms with Crippen molar-refractivity contribution in [1.29, 1.82) is 0 Å². The summed E-state index contributed by atoms with van der Waals surface area (Å²) in [4.78, 5) is 10.6. The molecule has 20 heavy (non-hydrogen) atoms. The van der Waals surface area contributed by atoms with Crippen LogP contribution in [0, 0.1) is 0 Å². The highest BCUT2D eigenvalue weighted by Crippen LogP contribution is 2.29. The molecule has 0 aliphatic heterocycles. The first kappa shape index (κ1) is 14.1. The third kappa shape index (κ3) is 2.65. The number of hydrogen-bond acceptors (Lipinski definition) is 4. The van der Waals surface area contributed by atoms with E-state index in [-0.39, 0.29) is 9.79 Å². The first-order valence-corrected chi connectivity index (χ1v) is 7.26. The van der Waals surface area contributed by atoms with Gasteiger partial charge in [0.15, 0.2) is 0 Å². The Hall–Kier alpha value is -2.34. The summed E-state index contributed by atoms with van der Waals surface area (Å²) in [5.74, 6) is 0.294. The second kappa shape index (κ2) is 5.75. The Labute approximate surface area is 117 Å². The lowest BCUT2D eigenvalue weighted by atomic mass is 10.3. The molecule has 0 aromatic heterocycles. The van der Waals surface area contributed by atoms with Crippen LogP contribution in [0.3, 0.4) is 0 Å². The Balaban J connectivity index is 2.46. The largest absolute Gasteiger partial charge is 0.495 e. The highest BCUT2D eigenvalue weighted by molar-refractivity contribution is 7.91. The van der Waals surface area contributed by atoms with E-state index in [1.807, 2.05) is 0 Å². The van der Waals surface area contributed by atoms with Gasteiger partial charge in [-0.05, 0) is 36.4 Å². The van der Waals surface area contributed by atoms with E-state index in [1.54, 1.807) is 18.2 Å². The predicted molar refractivity (Wildman–Crippen MR) is 74.6 cm³/mol. The van der Waals surface area contributed by atoms with E-state index in [1.165, 1.54) is 37.4 Å². The monoisotopic (exact) mass is 291 g/mol. The molecule has 104 valence electrons. The van der Waals surface area contributed by atoms with Gasteiger partial charge in [-0.1, -0.05) is 12.1 Å². The van der Waals surface area contributed by atoms with Gasteiger partial charge in [-0.15, -0.1) is 0 Å². The maximum Gasteiger partial charge on any atom is 0.211 e. The smallest absolute Gasteiger partial charge is 0.211 e. The van der Waals surface area contributed by atoms with Crippen molar-refractivity contribution in [1.82, 2.24) is 0 Å². The van der Waals surface area contributed by atoms with E-state index in [9.17, 15) is 13.2 Å². The molecule has 0 unspecified atom stereocenters. The van der Waals surface area contributed by atoms with Gasteiger partial charge in [-0.2, -0.15) is 0 Å². The number of benzene rings is 2. The van der Waals surface area contributed by atoms with Gasteiger partial charge in [0, 0.05) is 5.69 Å². The zero-order valence-electron chi connectivity index (χ0n) is 10.7. The summed E-state index contributed by atoms with van der Waals surface area (Å²) >= 11 is 0. The van der Waals surface area contributed by atoms with Gasteiger partial charge in [0.05, 0.1) is 12.0 Å². The average molecular weight is 291 g/mol. The lowest BCUT2D eigenvalue weighted by Gasteiger charge is -2.09. The van der Waals surface area contributed by atoms with Crippen LogP contribution in [0.5, 0.6) is 5.75 Å². The van der Waals surface area contributed by atoms with Gasteiger partial charge in [0.25, 0.3) is 0 Å². The third-order valence-electron chi connectivity index (χ3n) is 2.75. The number of ether oxygens (including phenoxy) is 1. The maximum absolute atomic E-state index is 12.5. The summed E-state index contributed by atoms with van der Waals surface area (Å²) < 4.78 is 30.1. The standard InChI is InChI=1S/C14H13NO4S/c1-19-13-4-2-3-5-14(13)20(17,18)12-8-6-11(7-9-12)15-10-16/h2-10H,1H3,(H,15,16). The van der Waals surface area contributed by atoms with Crippen molar-refractivity contribution in [2.45, 2.75) is 9.79 Å². The Bertz CT molecular complexity index is 708. The summed E-state index contributed by atoms with van der Waals surface area (Å²) in [6.07, 6.45) is 0.531. The number of hydrogen-bond donors (Lipinski definition) is 1. The Kier molecular flexibility index (Phi) is 4.05. The van der Waals surface area contributed by atoms with Crippen molar-refractivity contribution in [3.05, 3.63) is 48.5 Å². The van der Waals surface area contributed by atoms with Crippen LogP contribution in [0.4, 0.5) is 5.69 Å². The van der Waals surface area contributed by atoms with Crippen molar-refractivity contribution < 1.29 is 17.9 Å². The fraction of sp³-hybridized carbons (Fsp3) is 0.0714. The Morgan fingerprint density at radius 2 is 1.70 bits per heavy atom. The second-order valence-electron chi connectivity index (χ2n) is 3.94. The van der Waals surface area contributed by atoms with Crippen molar-refractivity contribution >= 4 is 21.9 Å². The molecule has 0 aliphatic carbocycles. The van der Waals surface area contributed by atoms with Crippen LogP contribution in [0.1, 0.15) is 0 Å². The van der Waals surface area contributed by atoms with Crippen LogP contribution in [0.2, 0.25) is 0 Å². The predicted octanol–water partition coefficient (Wildman–Crippen LogP) is 2.10. The fourth-order valence-electron chi connectivity index (χ4n) is 1.77. The van der Waals surface area contributed by atoms with Gasteiger partial charge in [0.2, 0.25) is 16.2 Å². The molecule has 1 amide bonds. The van der Waals surface area contributed by atoms with Crippen LogP contribution < -0.4 is 10.1 Å². The van der Waals surface area contributed by atoms with E-state index >= 15 is 0 Å². The van der Waals surface area contributed by atoms with Gasteiger partial charge >= 0.3 is 0 Å². The number of rotatable bonds is 5. The summed E-state index contributed by atoms with van der Waals surface area (Å²) in [5.41, 5.74) is 0.527.